The summed E-state index contributed by atoms with van der Waals surface area (Å²) in [5.41, 5.74) is -0.504. The molecule has 0 aliphatic rings. The summed E-state index contributed by atoms with van der Waals surface area (Å²) in [5, 5.41) is 22.9. The number of pyridine rings is 1. The van der Waals surface area contributed by atoms with Crippen molar-refractivity contribution < 1.29 is 29.1 Å². The number of hydrogen-bond donors (Lipinski definition) is 2. The fourth-order valence-electron chi connectivity index (χ4n) is 1.48. The monoisotopic (exact) mass is 333 g/mol. The van der Waals surface area contributed by atoms with Crippen LogP contribution in [-0.4, -0.2) is 53.3 Å². The average molecular weight is 334 g/mol. The fourth-order valence-corrected chi connectivity index (χ4v) is 1.63. The second-order valence-corrected chi connectivity index (χ2v) is 4.26. The van der Waals surface area contributed by atoms with Gasteiger partial charge in [-0.05, 0) is 6.07 Å². The second-order valence-electron chi connectivity index (χ2n) is 3.87. The molecule has 1 aromatic rings. The van der Waals surface area contributed by atoms with Crippen LogP contribution in [-0.2, 0) is 19.1 Å². The Balaban J connectivity index is 3.19. The van der Waals surface area contributed by atoms with Crippen LogP contribution < -0.4 is 5.32 Å². The zero-order chi connectivity index (χ0) is 16.9. The van der Waals surface area contributed by atoms with Crippen LogP contribution in [0.5, 0.6) is 0 Å². The topological polar surface area (TPSA) is 141 Å². The lowest BCUT2D eigenvalue weighted by molar-refractivity contribution is -0.384. The van der Waals surface area contributed by atoms with E-state index in [-0.39, 0.29) is 5.15 Å². The lowest BCUT2D eigenvalue weighted by atomic mass is 10.1. The van der Waals surface area contributed by atoms with E-state index in [4.69, 9.17) is 11.6 Å². The van der Waals surface area contributed by atoms with Gasteiger partial charge < -0.3 is 19.9 Å². The summed E-state index contributed by atoms with van der Waals surface area (Å²) in [5.74, 6) is -2.59. The lowest BCUT2D eigenvalue weighted by Gasteiger charge is -2.20. The van der Waals surface area contributed by atoms with Crippen LogP contribution in [0.4, 0.5) is 11.5 Å². The average Bonchev–Trinajstić information content (AvgIpc) is 2.50. The highest BCUT2D eigenvalue weighted by atomic mass is 35.5. The number of hydrogen-bond acceptors (Lipinski definition) is 9. The highest BCUT2D eigenvalue weighted by Gasteiger charge is 2.36. The molecular weight excluding hydrogens is 322 g/mol. The number of methoxy groups -OCH3 is 2. The van der Waals surface area contributed by atoms with Crippen LogP contribution in [0.2, 0.25) is 5.15 Å². The van der Waals surface area contributed by atoms with Crippen LogP contribution >= 0.6 is 11.6 Å². The number of esters is 2. The first-order valence-electron chi connectivity index (χ1n) is 5.73. The molecule has 11 heteroatoms. The van der Waals surface area contributed by atoms with Gasteiger partial charge in [0, 0.05) is 6.07 Å². The maximum absolute atomic E-state index is 11.7. The molecule has 22 heavy (non-hydrogen) atoms. The molecule has 120 valence electrons. The number of anilines is 1. The van der Waals surface area contributed by atoms with Crippen molar-refractivity contribution in [2.75, 3.05) is 19.5 Å². The lowest BCUT2D eigenvalue weighted by Crippen LogP contribution is -2.46. The first-order valence-corrected chi connectivity index (χ1v) is 6.10. The summed E-state index contributed by atoms with van der Waals surface area (Å²) < 4.78 is 8.74. The Bertz CT molecular complexity index is 595. The van der Waals surface area contributed by atoms with E-state index in [2.05, 4.69) is 19.8 Å². The van der Waals surface area contributed by atoms with Crippen molar-refractivity contribution in [2.45, 2.75) is 12.1 Å². The van der Waals surface area contributed by atoms with Gasteiger partial charge in [-0.25, -0.2) is 14.6 Å². The Morgan fingerprint density at radius 1 is 1.36 bits per heavy atom. The molecule has 0 aromatic carbocycles. The molecule has 0 radical (unpaired) electrons. The van der Waals surface area contributed by atoms with Gasteiger partial charge in [0.1, 0.15) is 5.15 Å². The van der Waals surface area contributed by atoms with Crippen LogP contribution in [0.15, 0.2) is 12.1 Å². The second kappa shape index (κ2) is 7.52. The first kappa shape index (κ1) is 17.6. The standard InChI is InChI=1S/C11H12ClN3O7/c1-21-10(17)7(8(16)11(18)22-2)14-9-5(15(19)20)3-4-6(12)13-9/h3-4,7-8,16H,1-2H3,(H,13,14). The molecule has 0 saturated heterocycles. The van der Waals surface area contributed by atoms with Gasteiger partial charge in [0.25, 0.3) is 0 Å². The molecule has 2 unspecified atom stereocenters. The van der Waals surface area contributed by atoms with Crippen LogP contribution in [0, 0.1) is 10.1 Å². The van der Waals surface area contributed by atoms with Crippen molar-refractivity contribution in [3.05, 3.63) is 27.4 Å². The molecule has 0 saturated carbocycles. The van der Waals surface area contributed by atoms with Gasteiger partial charge >= 0.3 is 17.6 Å². The Labute approximate surface area is 129 Å². The minimum absolute atomic E-state index is 0.0933. The van der Waals surface area contributed by atoms with E-state index in [0.717, 1.165) is 20.3 Å². The van der Waals surface area contributed by atoms with Crippen molar-refractivity contribution in [3.63, 3.8) is 0 Å². The Hall–Kier alpha value is -2.46. The fraction of sp³-hybridized carbons (Fsp3) is 0.364. The maximum Gasteiger partial charge on any atom is 0.337 e. The molecule has 0 spiro atoms. The summed E-state index contributed by atoms with van der Waals surface area (Å²) >= 11 is 5.64. The maximum atomic E-state index is 11.7. The highest BCUT2D eigenvalue weighted by Crippen LogP contribution is 2.25. The summed E-state index contributed by atoms with van der Waals surface area (Å²) in [6.45, 7) is 0. The number of aromatic nitrogens is 1. The molecule has 10 nitrogen and oxygen atoms in total. The van der Waals surface area contributed by atoms with Crippen molar-refractivity contribution in [2.24, 2.45) is 0 Å². The molecule has 1 aromatic heterocycles. The van der Waals surface area contributed by atoms with Crippen LogP contribution in [0.1, 0.15) is 0 Å². The third-order valence-corrected chi connectivity index (χ3v) is 2.75. The van der Waals surface area contributed by atoms with Crippen molar-refractivity contribution >= 4 is 35.0 Å². The molecule has 1 rings (SSSR count). The molecule has 2 atom stereocenters. The number of nitro groups is 1. The van der Waals surface area contributed by atoms with Gasteiger partial charge in [-0.15, -0.1) is 0 Å². The van der Waals surface area contributed by atoms with Gasteiger partial charge in [0.2, 0.25) is 5.82 Å². The Morgan fingerprint density at radius 3 is 2.45 bits per heavy atom. The number of carbonyl (C=O) groups is 2. The van der Waals surface area contributed by atoms with E-state index >= 15 is 0 Å². The molecule has 0 amide bonds. The normalized spacial score (nSPS) is 12.9. The molecule has 1 heterocycles. The largest absolute Gasteiger partial charge is 0.467 e. The van der Waals surface area contributed by atoms with Gasteiger partial charge in [-0.2, -0.15) is 0 Å². The number of aliphatic hydroxyl groups excluding tert-OH is 1. The van der Waals surface area contributed by atoms with Crippen molar-refractivity contribution in [3.8, 4) is 0 Å². The van der Waals surface area contributed by atoms with E-state index < -0.39 is 40.5 Å². The van der Waals surface area contributed by atoms with E-state index in [1.807, 2.05) is 0 Å². The van der Waals surface area contributed by atoms with E-state index in [9.17, 15) is 24.8 Å². The number of carbonyl (C=O) groups excluding carboxylic acids is 2. The number of ether oxygens (including phenoxy) is 2. The number of rotatable bonds is 6. The molecule has 0 fully saturated rings. The number of aliphatic hydroxyl groups is 1. The minimum Gasteiger partial charge on any atom is -0.467 e. The summed E-state index contributed by atoms with van der Waals surface area (Å²) in [7, 11) is 2.01. The molecular formula is C11H12ClN3O7. The SMILES string of the molecule is COC(=O)C(O)C(Nc1nc(Cl)ccc1[N+](=O)[O-])C(=O)OC. The predicted molar refractivity (Wildman–Crippen MR) is 73.4 cm³/mol. The Kier molecular flexibility index (Phi) is 6.01. The number of halogens is 1. The van der Waals surface area contributed by atoms with Crippen molar-refractivity contribution in [1.82, 2.24) is 4.98 Å². The van der Waals surface area contributed by atoms with Crippen molar-refractivity contribution in [1.29, 1.82) is 0 Å². The molecule has 0 aliphatic heterocycles. The van der Waals surface area contributed by atoms with Gasteiger partial charge in [-0.3, -0.25) is 10.1 Å². The molecule has 0 bridgehead atoms. The Morgan fingerprint density at radius 2 is 1.95 bits per heavy atom. The zero-order valence-corrected chi connectivity index (χ0v) is 12.2. The smallest absolute Gasteiger partial charge is 0.337 e. The third-order valence-electron chi connectivity index (χ3n) is 2.54. The highest BCUT2D eigenvalue weighted by molar-refractivity contribution is 6.29. The number of nitrogens with one attached hydrogen (secondary N) is 1. The summed E-state index contributed by atoms with van der Waals surface area (Å²) in [6.07, 6.45) is -1.96. The molecule has 0 aliphatic carbocycles. The van der Waals surface area contributed by atoms with Gasteiger partial charge in [0.15, 0.2) is 12.1 Å². The van der Waals surface area contributed by atoms with Crippen LogP contribution in [0.3, 0.4) is 0 Å². The van der Waals surface area contributed by atoms with Crippen LogP contribution in [0.25, 0.3) is 0 Å². The zero-order valence-electron chi connectivity index (χ0n) is 11.5. The third kappa shape index (κ3) is 4.02. The van der Waals surface area contributed by atoms with E-state index in [0.29, 0.717) is 0 Å². The summed E-state index contributed by atoms with van der Waals surface area (Å²) in [4.78, 5) is 36.8. The van der Waals surface area contributed by atoms with E-state index in [1.54, 1.807) is 0 Å². The summed E-state index contributed by atoms with van der Waals surface area (Å²) in [6, 6.07) is 0.563. The quantitative estimate of drug-likeness (QED) is 0.321. The van der Waals surface area contributed by atoms with E-state index in [1.165, 1.54) is 6.07 Å². The first-order chi connectivity index (χ1) is 10.3. The van der Waals surface area contributed by atoms with Gasteiger partial charge in [-0.1, -0.05) is 11.6 Å². The predicted octanol–water partition coefficient (Wildman–Crippen LogP) is 0.131. The van der Waals surface area contributed by atoms with Gasteiger partial charge in [0.05, 0.1) is 19.1 Å². The minimum atomic E-state index is -1.96. The molecule has 2 N–H and O–H groups in total. The number of nitrogens with zero attached hydrogens (tertiary/aromatic N) is 2.